The lowest BCUT2D eigenvalue weighted by Gasteiger charge is -2.13. The van der Waals surface area contributed by atoms with Gasteiger partial charge in [-0.2, -0.15) is 0 Å². The summed E-state index contributed by atoms with van der Waals surface area (Å²) < 4.78 is 2.94. The van der Waals surface area contributed by atoms with Crippen molar-refractivity contribution >= 4 is 46.4 Å². The van der Waals surface area contributed by atoms with Crippen LogP contribution in [0.5, 0.6) is 5.75 Å². The standard InChI is InChI=1S/C23H16Cl3N3O3/c24-15-3-1-14(2-4-15)12-28-13-19(22(31)27-17-6-8-18(30)9-7-17)23(32)29(28)21-10-5-16(25)11-20(21)26/h1-11,13,30H,12H2,(H,27,31). The van der Waals surface area contributed by atoms with E-state index in [0.29, 0.717) is 21.4 Å². The van der Waals surface area contributed by atoms with E-state index in [1.54, 1.807) is 28.9 Å². The lowest BCUT2D eigenvalue weighted by Crippen LogP contribution is -2.26. The maximum absolute atomic E-state index is 13.3. The Labute approximate surface area is 198 Å². The number of amides is 1. The minimum absolute atomic E-state index is 0.0665. The van der Waals surface area contributed by atoms with Crippen LogP contribution in [-0.2, 0) is 6.54 Å². The molecule has 3 aromatic carbocycles. The molecule has 0 spiro atoms. The van der Waals surface area contributed by atoms with Gasteiger partial charge in [-0.15, -0.1) is 0 Å². The van der Waals surface area contributed by atoms with Crippen LogP contribution in [-0.4, -0.2) is 20.4 Å². The first kappa shape index (κ1) is 22.0. The molecule has 0 bridgehead atoms. The molecule has 0 radical (unpaired) electrons. The highest BCUT2D eigenvalue weighted by Crippen LogP contribution is 2.24. The van der Waals surface area contributed by atoms with E-state index in [0.717, 1.165) is 5.56 Å². The van der Waals surface area contributed by atoms with Gasteiger partial charge < -0.3 is 10.4 Å². The van der Waals surface area contributed by atoms with Gasteiger partial charge in [-0.25, -0.2) is 4.68 Å². The number of benzene rings is 3. The second kappa shape index (κ2) is 9.12. The maximum atomic E-state index is 13.3. The molecule has 0 aliphatic heterocycles. The second-order valence-electron chi connectivity index (χ2n) is 6.98. The molecule has 0 atom stereocenters. The average Bonchev–Trinajstić information content (AvgIpc) is 3.07. The summed E-state index contributed by atoms with van der Waals surface area (Å²) in [5, 5.41) is 13.4. The largest absolute Gasteiger partial charge is 0.508 e. The predicted molar refractivity (Wildman–Crippen MR) is 127 cm³/mol. The zero-order valence-electron chi connectivity index (χ0n) is 16.4. The van der Waals surface area contributed by atoms with Crippen LogP contribution in [0.3, 0.4) is 0 Å². The summed E-state index contributed by atoms with van der Waals surface area (Å²) in [5.74, 6) is -0.522. The number of rotatable bonds is 5. The highest BCUT2D eigenvalue weighted by atomic mass is 35.5. The first-order valence-corrected chi connectivity index (χ1v) is 10.6. The zero-order valence-corrected chi connectivity index (χ0v) is 18.7. The summed E-state index contributed by atoms with van der Waals surface area (Å²) >= 11 is 18.4. The fraction of sp³-hybridized carbons (Fsp3) is 0.0435. The van der Waals surface area contributed by atoms with E-state index in [1.165, 1.54) is 41.2 Å². The molecule has 0 saturated carbocycles. The Morgan fingerprint density at radius 2 is 1.56 bits per heavy atom. The van der Waals surface area contributed by atoms with Crippen molar-refractivity contribution < 1.29 is 9.90 Å². The number of phenolic OH excluding ortho intramolecular Hbond substituents is 1. The van der Waals surface area contributed by atoms with Crippen molar-refractivity contribution in [1.29, 1.82) is 0 Å². The van der Waals surface area contributed by atoms with E-state index in [-0.39, 0.29) is 22.9 Å². The van der Waals surface area contributed by atoms with Crippen molar-refractivity contribution in [2.75, 3.05) is 5.32 Å². The zero-order chi connectivity index (χ0) is 22.8. The molecule has 2 N–H and O–H groups in total. The predicted octanol–water partition coefficient (Wildman–Crippen LogP) is 5.61. The van der Waals surface area contributed by atoms with Gasteiger partial charge in [0.25, 0.3) is 11.5 Å². The SMILES string of the molecule is O=C(Nc1ccc(O)cc1)c1cn(Cc2ccc(Cl)cc2)n(-c2ccc(Cl)cc2Cl)c1=O. The monoisotopic (exact) mass is 487 g/mol. The fourth-order valence-electron chi connectivity index (χ4n) is 3.19. The normalized spacial score (nSPS) is 10.8. The van der Waals surface area contributed by atoms with Crippen molar-refractivity contribution in [2.24, 2.45) is 0 Å². The maximum Gasteiger partial charge on any atom is 0.284 e. The molecule has 1 aromatic heterocycles. The molecular weight excluding hydrogens is 473 g/mol. The van der Waals surface area contributed by atoms with Crippen LogP contribution >= 0.6 is 34.8 Å². The Morgan fingerprint density at radius 3 is 2.22 bits per heavy atom. The third-order valence-corrected chi connectivity index (χ3v) is 5.51. The van der Waals surface area contributed by atoms with Crippen LogP contribution in [0.4, 0.5) is 5.69 Å². The molecule has 0 fully saturated rings. The lowest BCUT2D eigenvalue weighted by atomic mass is 10.2. The van der Waals surface area contributed by atoms with Crippen LogP contribution in [0.1, 0.15) is 15.9 Å². The Morgan fingerprint density at radius 1 is 0.906 bits per heavy atom. The molecule has 4 rings (SSSR count). The number of nitrogens with zero attached hydrogens (tertiary/aromatic N) is 2. The minimum atomic E-state index is -0.589. The third kappa shape index (κ3) is 4.67. The van der Waals surface area contributed by atoms with Crippen LogP contribution < -0.4 is 10.9 Å². The lowest BCUT2D eigenvalue weighted by molar-refractivity contribution is 0.102. The van der Waals surface area contributed by atoms with Crippen molar-refractivity contribution in [3.8, 4) is 11.4 Å². The van der Waals surface area contributed by atoms with Crippen molar-refractivity contribution in [3.05, 3.63) is 109 Å². The van der Waals surface area contributed by atoms with Crippen LogP contribution in [0.2, 0.25) is 15.1 Å². The molecule has 9 heteroatoms. The second-order valence-corrected chi connectivity index (χ2v) is 8.26. The molecule has 162 valence electrons. The highest BCUT2D eigenvalue weighted by molar-refractivity contribution is 6.35. The van der Waals surface area contributed by atoms with Gasteiger partial charge in [0.15, 0.2) is 0 Å². The molecule has 1 heterocycles. The summed E-state index contributed by atoms with van der Waals surface area (Å²) in [4.78, 5) is 26.2. The molecule has 6 nitrogen and oxygen atoms in total. The number of hydrogen-bond donors (Lipinski definition) is 2. The van der Waals surface area contributed by atoms with Gasteiger partial charge in [-0.3, -0.25) is 14.3 Å². The van der Waals surface area contributed by atoms with E-state index in [2.05, 4.69) is 5.32 Å². The Hall–Kier alpha value is -3.19. The van der Waals surface area contributed by atoms with E-state index < -0.39 is 11.5 Å². The molecule has 0 saturated heterocycles. The number of halogens is 3. The number of aromatic nitrogens is 2. The number of aromatic hydroxyl groups is 1. The van der Waals surface area contributed by atoms with Gasteiger partial charge in [0, 0.05) is 21.9 Å². The quantitative estimate of drug-likeness (QED) is 0.359. The Balaban J connectivity index is 1.78. The molecule has 1 amide bonds. The highest BCUT2D eigenvalue weighted by Gasteiger charge is 2.21. The number of nitrogens with one attached hydrogen (secondary N) is 1. The van der Waals surface area contributed by atoms with E-state index >= 15 is 0 Å². The molecule has 0 unspecified atom stereocenters. The summed E-state index contributed by atoms with van der Waals surface area (Å²) in [6.45, 7) is 0.290. The van der Waals surface area contributed by atoms with Crippen LogP contribution in [0.15, 0.2) is 77.7 Å². The summed E-state index contributed by atoms with van der Waals surface area (Å²) in [6.07, 6.45) is 1.47. The van der Waals surface area contributed by atoms with Crippen LogP contribution in [0.25, 0.3) is 5.69 Å². The van der Waals surface area contributed by atoms with Gasteiger partial charge in [0.1, 0.15) is 11.3 Å². The first-order chi connectivity index (χ1) is 15.3. The summed E-state index contributed by atoms with van der Waals surface area (Å²) in [7, 11) is 0. The summed E-state index contributed by atoms with van der Waals surface area (Å²) in [5.41, 5.74) is 1.08. The van der Waals surface area contributed by atoms with Gasteiger partial charge in [0.05, 0.1) is 17.3 Å². The number of carbonyl (C=O) groups excluding carboxylic acids is 1. The van der Waals surface area contributed by atoms with E-state index in [1.807, 2.05) is 12.1 Å². The topological polar surface area (TPSA) is 76.3 Å². The third-order valence-electron chi connectivity index (χ3n) is 4.72. The van der Waals surface area contributed by atoms with E-state index in [9.17, 15) is 14.7 Å². The van der Waals surface area contributed by atoms with Gasteiger partial charge >= 0.3 is 0 Å². The number of phenols is 1. The molecule has 32 heavy (non-hydrogen) atoms. The first-order valence-electron chi connectivity index (χ1n) is 9.44. The van der Waals surface area contributed by atoms with Gasteiger partial charge in [-0.05, 0) is 60.2 Å². The summed E-state index contributed by atoms with van der Waals surface area (Å²) in [6, 6.07) is 17.9. The van der Waals surface area contributed by atoms with Crippen molar-refractivity contribution in [2.45, 2.75) is 6.54 Å². The van der Waals surface area contributed by atoms with Crippen molar-refractivity contribution in [3.63, 3.8) is 0 Å². The number of anilines is 1. The minimum Gasteiger partial charge on any atom is -0.508 e. The molecule has 4 aromatic rings. The van der Waals surface area contributed by atoms with Gasteiger partial charge in [0.2, 0.25) is 0 Å². The van der Waals surface area contributed by atoms with Crippen molar-refractivity contribution in [1.82, 2.24) is 9.36 Å². The number of hydrogen-bond acceptors (Lipinski definition) is 3. The Bertz CT molecular complexity index is 1340. The number of carbonyl (C=O) groups is 1. The van der Waals surface area contributed by atoms with E-state index in [4.69, 9.17) is 34.8 Å². The fourth-order valence-corrected chi connectivity index (χ4v) is 3.80. The Kier molecular flexibility index (Phi) is 6.28. The smallest absolute Gasteiger partial charge is 0.284 e. The van der Waals surface area contributed by atoms with Gasteiger partial charge in [-0.1, -0.05) is 46.9 Å². The molecule has 0 aliphatic carbocycles. The molecule has 0 aliphatic rings. The average molecular weight is 489 g/mol. The van der Waals surface area contributed by atoms with Crippen LogP contribution in [0, 0.1) is 0 Å². The molecular formula is C23H16Cl3N3O3.